The Morgan fingerprint density at radius 1 is 0.330 bits per heavy atom. The standard InChI is InChI=1S/C84H134NO8P/c1-6-8-10-12-14-16-18-20-22-24-26-28-30-32-34-36-38-40-42-44-46-48-50-52-54-56-58-60-62-64-66-68-70-72-74-76-83(86)90-80-82(81-92-94(88,89)91-79-78-85(3,4)5)93-84(87)77-75-73-71-69-67-65-63-61-59-57-55-53-51-49-47-45-43-41-39-37-35-33-31-29-27-25-23-21-19-17-15-13-11-9-7-2/h8-11,14-17,20-23,26-29,32-35,38-41,44-47,50-53,57,59,82H,6-7,12-13,18-19,24-25,30-31,36-37,42-43,48-49,54-56,58,60-81H2,1-5H3/b10-8-,11-9-,16-14-,17-15-,22-20-,23-21-,28-26-,29-27-,34-32-,35-33-,40-38-,41-39-,46-44-,47-45-,52-50-,53-51-,59-57-. The third kappa shape index (κ3) is 75.6. The van der Waals surface area contributed by atoms with Crippen molar-refractivity contribution in [1.29, 1.82) is 0 Å². The first kappa shape index (κ1) is 88.6. The van der Waals surface area contributed by atoms with E-state index in [1.54, 1.807) is 0 Å². The first-order valence-corrected chi connectivity index (χ1v) is 38.3. The Hall–Kier alpha value is -5.41. The number of likely N-dealkylation sites (N-methyl/N-ethyl adjacent to an activating group) is 1. The van der Waals surface area contributed by atoms with Gasteiger partial charge in [-0.15, -0.1) is 0 Å². The van der Waals surface area contributed by atoms with Gasteiger partial charge in [0.25, 0.3) is 7.82 Å². The molecule has 0 aliphatic carbocycles. The number of rotatable bonds is 65. The highest BCUT2D eigenvalue weighted by Gasteiger charge is 2.22. The van der Waals surface area contributed by atoms with Crippen LogP contribution in [-0.4, -0.2) is 70.0 Å². The van der Waals surface area contributed by atoms with E-state index < -0.39 is 32.5 Å². The van der Waals surface area contributed by atoms with Gasteiger partial charge in [-0.1, -0.05) is 304 Å². The predicted octanol–water partition coefficient (Wildman–Crippen LogP) is 24.0. The summed E-state index contributed by atoms with van der Waals surface area (Å²) in [6.45, 7) is 3.97. The van der Waals surface area contributed by atoms with Gasteiger partial charge < -0.3 is 27.9 Å². The molecule has 0 aromatic carbocycles. The van der Waals surface area contributed by atoms with E-state index >= 15 is 0 Å². The monoisotopic (exact) mass is 1320 g/mol. The van der Waals surface area contributed by atoms with Gasteiger partial charge in [0.05, 0.1) is 27.7 Å². The molecule has 2 atom stereocenters. The molecule has 0 aliphatic heterocycles. The van der Waals surface area contributed by atoms with Crippen molar-refractivity contribution in [3.8, 4) is 0 Å². The lowest BCUT2D eigenvalue weighted by Crippen LogP contribution is -2.37. The van der Waals surface area contributed by atoms with E-state index in [-0.39, 0.29) is 26.1 Å². The van der Waals surface area contributed by atoms with Crippen LogP contribution in [0.25, 0.3) is 0 Å². The van der Waals surface area contributed by atoms with E-state index in [4.69, 9.17) is 18.5 Å². The van der Waals surface area contributed by atoms with Gasteiger partial charge in [0, 0.05) is 12.8 Å². The molecule has 9 nitrogen and oxygen atoms in total. The summed E-state index contributed by atoms with van der Waals surface area (Å²) in [6.07, 6.45) is 113. The van der Waals surface area contributed by atoms with Gasteiger partial charge in [-0.05, 0) is 148 Å². The van der Waals surface area contributed by atoms with E-state index in [0.717, 1.165) is 167 Å². The van der Waals surface area contributed by atoms with E-state index in [9.17, 15) is 19.0 Å². The molecule has 0 radical (unpaired) electrons. The first-order valence-electron chi connectivity index (χ1n) is 36.8. The summed E-state index contributed by atoms with van der Waals surface area (Å²) in [4.78, 5) is 38.1. The van der Waals surface area contributed by atoms with Crippen molar-refractivity contribution in [2.75, 3.05) is 47.5 Å². The summed E-state index contributed by atoms with van der Waals surface area (Å²) in [5.74, 6) is -0.864. The van der Waals surface area contributed by atoms with Crippen molar-refractivity contribution in [2.24, 2.45) is 0 Å². The highest BCUT2D eigenvalue weighted by Crippen LogP contribution is 2.38. The number of allylic oxidation sites excluding steroid dienone is 34. The maximum atomic E-state index is 12.9. The van der Waals surface area contributed by atoms with E-state index in [2.05, 4.69) is 220 Å². The number of phosphoric acid groups is 1. The molecule has 0 saturated carbocycles. The van der Waals surface area contributed by atoms with Gasteiger partial charge in [-0.2, -0.15) is 0 Å². The molecule has 0 rings (SSSR count). The molecule has 0 aromatic heterocycles. The molecule has 528 valence electrons. The molecular weight excluding hydrogens is 1180 g/mol. The fourth-order valence-corrected chi connectivity index (χ4v) is 9.98. The van der Waals surface area contributed by atoms with Crippen molar-refractivity contribution in [3.05, 3.63) is 207 Å². The number of carbonyl (C=O) groups excluding carboxylic acids is 2. The van der Waals surface area contributed by atoms with Gasteiger partial charge >= 0.3 is 11.9 Å². The molecule has 0 heterocycles. The summed E-state index contributed by atoms with van der Waals surface area (Å²) in [5.41, 5.74) is 0. The van der Waals surface area contributed by atoms with E-state index in [1.807, 2.05) is 21.1 Å². The number of unbranched alkanes of at least 4 members (excludes halogenated alkanes) is 17. The number of quaternary nitrogens is 1. The van der Waals surface area contributed by atoms with Gasteiger partial charge in [0.15, 0.2) is 6.10 Å². The second kappa shape index (κ2) is 71.9. The fourth-order valence-electron chi connectivity index (χ4n) is 9.25. The minimum atomic E-state index is -4.66. The Balaban J connectivity index is 4.16. The molecule has 10 heteroatoms. The molecule has 0 spiro atoms. The van der Waals surface area contributed by atoms with Crippen LogP contribution in [0.2, 0.25) is 0 Å². The molecule has 0 fully saturated rings. The van der Waals surface area contributed by atoms with Crippen LogP contribution in [-0.2, 0) is 32.7 Å². The second-order valence-corrected chi connectivity index (χ2v) is 26.2. The third-order valence-electron chi connectivity index (χ3n) is 14.8. The van der Waals surface area contributed by atoms with Crippen LogP contribution in [0.4, 0.5) is 0 Å². The van der Waals surface area contributed by atoms with E-state index in [0.29, 0.717) is 23.9 Å². The summed E-state index contributed by atoms with van der Waals surface area (Å²) >= 11 is 0. The predicted molar refractivity (Wildman–Crippen MR) is 405 cm³/mol. The lowest BCUT2D eigenvalue weighted by Gasteiger charge is -2.28. The fraction of sp³-hybridized carbons (Fsp3) is 0.571. The Labute approximate surface area is 576 Å². The zero-order valence-corrected chi connectivity index (χ0v) is 61.0. The number of esters is 2. The minimum Gasteiger partial charge on any atom is -0.756 e. The van der Waals surface area contributed by atoms with E-state index in [1.165, 1.54) is 51.4 Å². The van der Waals surface area contributed by atoms with Gasteiger partial charge in [0.1, 0.15) is 19.8 Å². The molecule has 0 N–H and O–H groups in total. The highest BCUT2D eigenvalue weighted by molar-refractivity contribution is 7.45. The molecule has 0 bridgehead atoms. The van der Waals surface area contributed by atoms with Crippen molar-refractivity contribution in [2.45, 2.75) is 264 Å². The lowest BCUT2D eigenvalue weighted by molar-refractivity contribution is -0.870. The number of nitrogens with zero attached hydrogens (tertiary/aromatic N) is 1. The molecule has 0 amide bonds. The third-order valence-corrected chi connectivity index (χ3v) is 15.8. The summed E-state index contributed by atoms with van der Waals surface area (Å²) in [5, 5.41) is 0. The SMILES string of the molecule is CC/C=C\C/C=C\C/C=C\C/C=C\C/C=C\C/C=C\C/C=C\C/C=C\C/C=C\CCCCCCCCCC(=O)OC(COC(=O)CCCCCCCCCCCC/C=C\C/C=C\C/C=C\C/C=C\C/C=C\C/C=C\C/C=C\C/C=C\CC)COP(=O)([O-])OCC[N+](C)(C)C. The molecule has 2 unspecified atom stereocenters. The molecule has 0 aromatic rings. The van der Waals surface area contributed by atoms with Gasteiger partial charge in [-0.3, -0.25) is 14.2 Å². The number of hydrogen-bond acceptors (Lipinski definition) is 8. The zero-order chi connectivity index (χ0) is 68.3. The largest absolute Gasteiger partial charge is 0.756 e. The average molecular weight is 1320 g/mol. The average Bonchev–Trinajstić information content (AvgIpc) is 1.68. The summed E-state index contributed by atoms with van der Waals surface area (Å²) in [6, 6.07) is 0. The van der Waals surface area contributed by atoms with Crippen molar-refractivity contribution in [1.82, 2.24) is 0 Å². The van der Waals surface area contributed by atoms with Gasteiger partial charge in [-0.25, -0.2) is 0 Å². The Kier molecular flexibility index (Phi) is 67.7. The van der Waals surface area contributed by atoms with Crippen molar-refractivity contribution in [3.63, 3.8) is 0 Å². The topological polar surface area (TPSA) is 111 Å². The Morgan fingerprint density at radius 2 is 0.574 bits per heavy atom. The summed E-state index contributed by atoms with van der Waals surface area (Å²) in [7, 11) is 1.13. The number of hydrogen-bond donors (Lipinski definition) is 0. The van der Waals surface area contributed by atoms with Crippen molar-refractivity contribution >= 4 is 19.8 Å². The molecular formula is C84H134NO8P. The lowest BCUT2D eigenvalue weighted by atomic mass is 10.1. The number of ether oxygens (including phenoxy) is 2. The molecule has 94 heavy (non-hydrogen) atoms. The van der Waals surface area contributed by atoms with Crippen LogP contribution in [0, 0.1) is 0 Å². The maximum absolute atomic E-state index is 12.9. The Bertz CT molecular complexity index is 2340. The quantitative estimate of drug-likeness (QED) is 0.0195. The number of phosphoric ester groups is 1. The molecule has 0 aliphatic rings. The minimum absolute atomic E-state index is 0.0450. The van der Waals surface area contributed by atoms with Crippen LogP contribution in [0.15, 0.2) is 207 Å². The summed E-state index contributed by atoms with van der Waals surface area (Å²) < 4.78 is 34.3. The van der Waals surface area contributed by atoms with Crippen LogP contribution in [0.3, 0.4) is 0 Å². The molecule has 0 saturated heterocycles. The maximum Gasteiger partial charge on any atom is 0.306 e. The Morgan fingerprint density at radius 3 is 0.851 bits per heavy atom. The normalized spacial score (nSPS) is 14.3. The second-order valence-electron chi connectivity index (χ2n) is 24.8. The van der Waals surface area contributed by atoms with Crippen LogP contribution in [0.5, 0.6) is 0 Å². The van der Waals surface area contributed by atoms with Crippen LogP contribution in [0.1, 0.15) is 258 Å². The first-order chi connectivity index (χ1) is 46.0. The smallest absolute Gasteiger partial charge is 0.306 e. The highest BCUT2D eigenvalue weighted by atomic mass is 31.2. The van der Waals surface area contributed by atoms with Gasteiger partial charge in [0.2, 0.25) is 0 Å². The van der Waals surface area contributed by atoms with Crippen LogP contribution >= 0.6 is 7.82 Å². The zero-order valence-electron chi connectivity index (χ0n) is 60.1. The van der Waals surface area contributed by atoms with Crippen LogP contribution < -0.4 is 4.89 Å². The number of carbonyl (C=O) groups is 2. The van der Waals surface area contributed by atoms with Crippen molar-refractivity contribution < 1.29 is 42.1 Å².